The number of aliphatic hydroxyl groups is 1. The molecule has 4 rings (SSSR count). The summed E-state index contributed by atoms with van der Waals surface area (Å²) in [5.41, 5.74) is -1.26. The maximum absolute atomic E-state index is 13.0. The minimum absolute atomic E-state index is 0.0419. The summed E-state index contributed by atoms with van der Waals surface area (Å²) in [6.45, 7) is 4.06. The van der Waals surface area contributed by atoms with E-state index in [1.54, 1.807) is 6.92 Å². The number of Topliss-reactive ketones (excluding diaryl/α,β-unsaturated/α-hetero) is 3. The van der Waals surface area contributed by atoms with Gasteiger partial charge in [0, 0.05) is 11.6 Å². The number of allylic oxidation sites excluding steroid dienone is 3. The smallest absolute Gasteiger partial charge is 0.207 e. The molecule has 1 aromatic carbocycles. The van der Waals surface area contributed by atoms with Crippen molar-refractivity contribution in [2.24, 2.45) is 0 Å². The Kier molecular flexibility index (Phi) is 2.78. The molecule has 2 N–H and O–H groups in total. The average molecular weight is 342 g/mol. The first-order chi connectivity index (χ1) is 11.7. The average Bonchev–Trinajstić information content (AvgIpc) is 3.04. The van der Waals surface area contributed by atoms with E-state index < -0.39 is 22.7 Å². The van der Waals surface area contributed by atoms with E-state index in [0.717, 1.165) is 0 Å². The number of hydrogen-bond acceptors (Lipinski definition) is 7. The number of phenols is 1. The molecule has 7 heteroatoms. The molecule has 1 aliphatic carbocycles. The molecule has 2 heterocycles. The first-order valence-corrected chi connectivity index (χ1v) is 7.64. The van der Waals surface area contributed by atoms with Crippen LogP contribution in [0, 0.1) is 6.92 Å². The van der Waals surface area contributed by atoms with Crippen molar-refractivity contribution in [1.29, 1.82) is 0 Å². The summed E-state index contributed by atoms with van der Waals surface area (Å²) >= 11 is 0. The Balaban J connectivity index is 2.07. The van der Waals surface area contributed by atoms with Crippen LogP contribution in [-0.2, 0) is 15.0 Å². The minimum atomic E-state index is -1.50. The summed E-state index contributed by atoms with van der Waals surface area (Å²) in [7, 11) is 0. The fourth-order valence-electron chi connectivity index (χ4n) is 3.67. The summed E-state index contributed by atoms with van der Waals surface area (Å²) in [4.78, 5) is 37.0. The normalized spacial score (nSPS) is 23.6. The second-order valence-corrected chi connectivity index (χ2v) is 6.47. The van der Waals surface area contributed by atoms with Crippen LogP contribution in [0.1, 0.15) is 35.3 Å². The van der Waals surface area contributed by atoms with Crippen molar-refractivity contribution in [2.45, 2.75) is 26.2 Å². The number of rotatable bonds is 1. The van der Waals surface area contributed by atoms with Gasteiger partial charge in [0.1, 0.15) is 45.3 Å². The van der Waals surface area contributed by atoms with E-state index in [4.69, 9.17) is 9.47 Å². The third-order valence-corrected chi connectivity index (χ3v) is 5.00. The van der Waals surface area contributed by atoms with Gasteiger partial charge in [-0.15, -0.1) is 0 Å². The van der Waals surface area contributed by atoms with Gasteiger partial charge in [0.2, 0.25) is 5.78 Å². The molecule has 1 aromatic rings. The molecule has 0 spiro atoms. The van der Waals surface area contributed by atoms with Crippen molar-refractivity contribution >= 4 is 17.3 Å². The van der Waals surface area contributed by atoms with E-state index in [9.17, 15) is 24.6 Å². The molecule has 128 valence electrons. The Morgan fingerprint density at radius 1 is 1.24 bits per heavy atom. The highest BCUT2D eigenvalue weighted by atomic mass is 16.5. The van der Waals surface area contributed by atoms with Crippen LogP contribution in [0.3, 0.4) is 0 Å². The van der Waals surface area contributed by atoms with Crippen molar-refractivity contribution in [2.75, 3.05) is 6.61 Å². The van der Waals surface area contributed by atoms with Crippen LogP contribution >= 0.6 is 0 Å². The molecule has 7 nitrogen and oxygen atoms in total. The summed E-state index contributed by atoms with van der Waals surface area (Å²) in [6.07, 6.45) is 1.18. The number of aliphatic hydroxyl groups excluding tert-OH is 1. The molecule has 25 heavy (non-hydrogen) atoms. The zero-order valence-electron chi connectivity index (χ0n) is 13.7. The fraction of sp³-hybridized carbons (Fsp3) is 0.278. The van der Waals surface area contributed by atoms with Crippen LogP contribution in [0.15, 0.2) is 23.2 Å². The number of fused-ring (bicyclic) bond motifs is 5. The maximum Gasteiger partial charge on any atom is 0.207 e. The Morgan fingerprint density at radius 2 is 1.92 bits per heavy atom. The number of carbonyl (C=O) groups excluding carboxylic acids is 3. The molecule has 0 bridgehead atoms. The van der Waals surface area contributed by atoms with Crippen LogP contribution in [0.2, 0.25) is 0 Å². The quantitative estimate of drug-likeness (QED) is 0.749. The zero-order valence-corrected chi connectivity index (χ0v) is 13.7. The van der Waals surface area contributed by atoms with Gasteiger partial charge in [-0.3, -0.25) is 14.4 Å². The van der Waals surface area contributed by atoms with Crippen LogP contribution in [0.5, 0.6) is 17.2 Å². The summed E-state index contributed by atoms with van der Waals surface area (Å²) < 4.78 is 11.0. The molecule has 0 fully saturated rings. The molecular formula is C18H14O7. The van der Waals surface area contributed by atoms with Gasteiger partial charge in [0.25, 0.3) is 0 Å². The predicted molar refractivity (Wildman–Crippen MR) is 84.1 cm³/mol. The van der Waals surface area contributed by atoms with Crippen LogP contribution < -0.4 is 9.47 Å². The van der Waals surface area contributed by atoms with Gasteiger partial charge in [0.05, 0.1) is 5.56 Å². The van der Waals surface area contributed by atoms with Crippen molar-refractivity contribution in [3.05, 3.63) is 39.9 Å². The molecule has 0 radical (unpaired) electrons. The second kappa shape index (κ2) is 4.50. The van der Waals surface area contributed by atoms with E-state index in [0.29, 0.717) is 5.56 Å². The lowest BCUT2D eigenvalue weighted by atomic mass is 9.71. The number of aromatic hydroxyl groups is 1. The third kappa shape index (κ3) is 1.62. The first-order valence-electron chi connectivity index (χ1n) is 7.64. The second-order valence-electron chi connectivity index (χ2n) is 6.47. The molecule has 0 amide bonds. The molecular weight excluding hydrogens is 328 g/mol. The van der Waals surface area contributed by atoms with E-state index in [-0.39, 0.29) is 52.1 Å². The first kappa shape index (κ1) is 15.4. The molecule has 0 unspecified atom stereocenters. The summed E-state index contributed by atoms with van der Waals surface area (Å²) in [5, 5.41) is 20.7. The lowest BCUT2D eigenvalue weighted by Crippen LogP contribution is -2.38. The van der Waals surface area contributed by atoms with Crippen LogP contribution in [0.25, 0.3) is 0 Å². The molecule has 0 saturated carbocycles. The van der Waals surface area contributed by atoms with Gasteiger partial charge < -0.3 is 19.7 Å². The van der Waals surface area contributed by atoms with Crippen molar-refractivity contribution in [3.63, 3.8) is 0 Å². The maximum atomic E-state index is 13.0. The Labute approximate surface area is 142 Å². The highest BCUT2D eigenvalue weighted by molar-refractivity contribution is 6.26. The lowest BCUT2D eigenvalue weighted by molar-refractivity contribution is -0.123. The van der Waals surface area contributed by atoms with Gasteiger partial charge in [-0.05, 0) is 20.8 Å². The number of ether oxygens (including phenoxy) is 2. The molecule has 2 aliphatic heterocycles. The third-order valence-electron chi connectivity index (χ3n) is 5.00. The van der Waals surface area contributed by atoms with Crippen LogP contribution in [-0.4, -0.2) is 34.2 Å². The van der Waals surface area contributed by atoms with Gasteiger partial charge >= 0.3 is 0 Å². The van der Waals surface area contributed by atoms with Crippen molar-refractivity contribution in [3.8, 4) is 17.2 Å². The summed E-state index contributed by atoms with van der Waals surface area (Å²) in [5.74, 6) is -2.01. The SMILES string of the molecule is CC(=O)C1=C(O)C=C2Oc3c4c(c(C)c(O)c3[C@@]2(C)C1=O)OCC4=O. The highest BCUT2D eigenvalue weighted by Crippen LogP contribution is 2.58. The monoisotopic (exact) mass is 342 g/mol. The van der Waals surface area contributed by atoms with E-state index in [2.05, 4.69) is 0 Å². The summed E-state index contributed by atoms with van der Waals surface area (Å²) in [6, 6.07) is 0. The van der Waals surface area contributed by atoms with Gasteiger partial charge in [-0.25, -0.2) is 0 Å². The number of phenolic OH excluding ortho intramolecular Hbond substituents is 1. The zero-order chi connectivity index (χ0) is 18.3. The minimum Gasteiger partial charge on any atom is -0.507 e. The molecule has 0 aromatic heterocycles. The van der Waals surface area contributed by atoms with Crippen LogP contribution in [0.4, 0.5) is 0 Å². The Bertz CT molecular complexity index is 980. The fourth-order valence-corrected chi connectivity index (χ4v) is 3.67. The topological polar surface area (TPSA) is 110 Å². The van der Waals surface area contributed by atoms with Gasteiger partial charge in [0.15, 0.2) is 18.2 Å². The largest absolute Gasteiger partial charge is 0.507 e. The van der Waals surface area contributed by atoms with Crippen molar-refractivity contribution < 1.29 is 34.1 Å². The van der Waals surface area contributed by atoms with Gasteiger partial charge in [-0.2, -0.15) is 0 Å². The lowest BCUT2D eigenvalue weighted by Gasteiger charge is -2.27. The Hall–Kier alpha value is -3.09. The molecule has 3 aliphatic rings. The van der Waals surface area contributed by atoms with Gasteiger partial charge in [-0.1, -0.05) is 0 Å². The highest BCUT2D eigenvalue weighted by Gasteiger charge is 2.56. The molecule has 1 atom stereocenters. The Morgan fingerprint density at radius 3 is 2.56 bits per heavy atom. The van der Waals surface area contributed by atoms with Crippen molar-refractivity contribution in [1.82, 2.24) is 0 Å². The predicted octanol–water partition coefficient (Wildman–Crippen LogP) is 1.79. The standard InChI is InChI=1S/C18H14O7/c1-6-14(22)13-16(12-9(21)5-24-15(6)12)25-10-4-8(20)11(7(2)19)17(23)18(10,13)3/h4,20,22H,5H2,1-3H3/t18-/m0/s1. The van der Waals surface area contributed by atoms with E-state index in [1.807, 2.05) is 0 Å². The molecule has 0 saturated heterocycles. The van der Waals surface area contributed by atoms with E-state index >= 15 is 0 Å². The number of hydrogen-bond donors (Lipinski definition) is 2. The number of ketones is 3. The van der Waals surface area contributed by atoms with E-state index in [1.165, 1.54) is 19.9 Å². The number of benzene rings is 1. The number of carbonyl (C=O) groups is 3.